The second-order valence-corrected chi connectivity index (χ2v) is 5.59. The lowest BCUT2D eigenvalue weighted by Gasteiger charge is -2.00. The van der Waals surface area contributed by atoms with Crippen molar-refractivity contribution in [1.82, 2.24) is 4.98 Å². The fraction of sp³-hybridized carbons (Fsp3) is 0.182. The highest BCUT2D eigenvalue weighted by Crippen LogP contribution is 2.25. The van der Waals surface area contributed by atoms with Crippen LogP contribution in [0.25, 0.3) is 11.3 Å². The summed E-state index contributed by atoms with van der Waals surface area (Å²) in [6.07, 6.45) is 1.64. The van der Waals surface area contributed by atoms with E-state index in [1.165, 1.54) is 11.3 Å². The van der Waals surface area contributed by atoms with Gasteiger partial charge in [-0.3, -0.25) is 0 Å². The van der Waals surface area contributed by atoms with Crippen molar-refractivity contribution in [2.45, 2.75) is 4.34 Å². The number of nitrogens with zero attached hydrogens (tertiary/aromatic N) is 1. The van der Waals surface area contributed by atoms with Crippen LogP contribution in [0.4, 0.5) is 0 Å². The molecule has 0 aliphatic rings. The summed E-state index contributed by atoms with van der Waals surface area (Å²) in [5.74, 6) is 0.818. The molecule has 1 unspecified atom stereocenters. The third kappa shape index (κ3) is 2.37. The van der Waals surface area contributed by atoms with Gasteiger partial charge in [0.2, 0.25) is 0 Å². The molecule has 16 heavy (non-hydrogen) atoms. The average molecular weight is 253 g/mol. The summed E-state index contributed by atoms with van der Waals surface area (Å²) in [7, 11) is 1.64. The third-order valence-corrected chi connectivity index (χ3v) is 4.32. The first-order valence-electron chi connectivity index (χ1n) is 4.64. The van der Waals surface area contributed by atoms with Crippen molar-refractivity contribution in [3.63, 3.8) is 0 Å². The smallest absolute Gasteiger partial charge is 0.301 e. The SMILES string of the molecule is COc1ccc(-c2csc([S+](C)[O-])n2)cc1. The minimum Gasteiger partial charge on any atom is -0.610 e. The van der Waals surface area contributed by atoms with E-state index in [4.69, 9.17) is 4.74 Å². The Labute approximate surface area is 101 Å². The highest BCUT2D eigenvalue weighted by Gasteiger charge is 2.11. The number of methoxy groups -OCH3 is 1. The van der Waals surface area contributed by atoms with E-state index in [-0.39, 0.29) is 0 Å². The average Bonchev–Trinajstić information content (AvgIpc) is 2.78. The van der Waals surface area contributed by atoms with Crippen LogP contribution in [0.15, 0.2) is 34.0 Å². The fourth-order valence-corrected chi connectivity index (χ4v) is 2.75. The van der Waals surface area contributed by atoms with Gasteiger partial charge in [0.15, 0.2) is 0 Å². The predicted octanol–water partition coefficient (Wildman–Crippen LogP) is 2.56. The maximum absolute atomic E-state index is 11.2. The summed E-state index contributed by atoms with van der Waals surface area (Å²) < 4.78 is 17.0. The zero-order valence-corrected chi connectivity index (χ0v) is 10.6. The quantitative estimate of drug-likeness (QED) is 0.790. The minimum atomic E-state index is -1.01. The lowest BCUT2D eigenvalue weighted by Crippen LogP contribution is -1.95. The van der Waals surface area contributed by atoms with E-state index in [1.807, 2.05) is 29.6 Å². The van der Waals surface area contributed by atoms with Crippen LogP contribution in [-0.2, 0) is 11.2 Å². The van der Waals surface area contributed by atoms with Crippen molar-refractivity contribution < 1.29 is 9.29 Å². The molecule has 0 saturated heterocycles. The van der Waals surface area contributed by atoms with Gasteiger partial charge in [0.05, 0.1) is 12.8 Å². The second kappa shape index (κ2) is 4.86. The number of hydrogen-bond acceptors (Lipinski definition) is 4. The molecule has 84 valence electrons. The first-order valence-corrected chi connectivity index (χ1v) is 7.08. The van der Waals surface area contributed by atoms with Crippen molar-refractivity contribution in [3.8, 4) is 17.0 Å². The predicted molar refractivity (Wildman–Crippen MR) is 66.4 cm³/mol. The molecule has 0 aliphatic heterocycles. The number of hydrogen-bond donors (Lipinski definition) is 0. The summed E-state index contributed by atoms with van der Waals surface area (Å²) in [6.45, 7) is 0. The van der Waals surface area contributed by atoms with Crippen molar-refractivity contribution in [3.05, 3.63) is 29.6 Å². The van der Waals surface area contributed by atoms with Crippen LogP contribution in [0.3, 0.4) is 0 Å². The molecule has 0 aliphatic carbocycles. The van der Waals surface area contributed by atoms with Crippen molar-refractivity contribution >= 4 is 22.5 Å². The zero-order valence-electron chi connectivity index (χ0n) is 8.97. The molecule has 0 amide bonds. The summed E-state index contributed by atoms with van der Waals surface area (Å²) in [6, 6.07) is 7.65. The molecule has 1 aromatic heterocycles. The molecule has 0 bridgehead atoms. The van der Waals surface area contributed by atoms with Crippen LogP contribution in [0, 0.1) is 0 Å². The molecular formula is C11H11NO2S2. The van der Waals surface area contributed by atoms with Crippen LogP contribution in [0.5, 0.6) is 5.75 Å². The number of rotatable bonds is 3. The molecule has 1 aromatic carbocycles. The van der Waals surface area contributed by atoms with E-state index in [0.717, 1.165) is 17.0 Å². The zero-order chi connectivity index (χ0) is 11.5. The first-order chi connectivity index (χ1) is 7.70. The van der Waals surface area contributed by atoms with Crippen LogP contribution in [0.1, 0.15) is 0 Å². The van der Waals surface area contributed by atoms with Gasteiger partial charge in [-0.2, -0.15) is 4.98 Å². The summed E-state index contributed by atoms with van der Waals surface area (Å²) in [4.78, 5) is 4.31. The minimum absolute atomic E-state index is 0.658. The Morgan fingerprint density at radius 3 is 2.50 bits per heavy atom. The van der Waals surface area contributed by atoms with Crippen LogP contribution >= 0.6 is 11.3 Å². The molecule has 0 fully saturated rings. The molecular weight excluding hydrogens is 242 g/mol. The van der Waals surface area contributed by atoms with Gasteiger partial charge in [-0.25, -0.2) is 0 Å². The molecule has 0 saturated carbocycles. The van der Waals surface area contributed by atoms with E-state index in [0.29, 0.717) is 4.34 Å². The van der Waals surface area contributed by atoms with Gasteiger partial charge in [-0.1, -0.05) is 11.3 Å². The molecule has 0 radical (unpaired) electrons. The van der Waals surface area contributed by atoms with E-state index >= 15 is 0 Å². The summed E-state index contributed by atoms with van der Waals surface area (Å²) in [5.41, 5.74) is 1.87. The lowest BCUT2D eigenvalue weighted by atomic mass is 10.2. The van der Waals surface area contributed by atoms with E-state index < -0.39 is 11.2 Å². The maximum Gasteiger partial charge on any atom is 0.301 e. The molecule has 2 aromatic rings. The Morgan fingerprint density at radius 2 is 2.00 bits per heavy atom. The maximum atomic E-state index is 11.2. The highest BCUT2D eigenvalue weighted by atomic mass is 32.2. The molecule has 0 N–H and O–H groups in total. The van der Waals surface area contributed by atoms with Gasteiger partial charge < -0.3 is 9.29 Å². The molecule has 2 rings (SSSR count). The number of ether oxygens (including phenoxy) is 1. The topological polar surface area (TPSA) is 45.2 Å². The second-order valence-electron chi connectivity index (χ2n) is 3.18. The fourth-order valence-electron chi connectivity index (χ4n) is 1.28. The number of benzene rings is 1. The van der Waals surface area contributed by atoms with Crippen molar-refractivity contribution in [1.29, 1.82) is 0 Å². The van der Waals surface area contributed by atoms with Gasteiger partial charge in [0.1, 0.15) is 12.0 Å². The molecule has 5 heteroatoms. The molecule has 0 spiro atoms. The van der Waals surface area contributed by atoms with Gasteiger partial charge in [-0.15, -0.1) is 0 Å². The highest BCUT2D eigenvalue weighted by molar-refractivity contribution is 7.92. The Kier molecular flexibility index (Phi) is 3.48. The monoisotopic (exact) mass is 253 g/mol. The van der Waals surface area contributed by atoms with Gasteiger partial charge in [0, 0.05) is 22.1 Å². The largest absolute Gasteiger partial charge is 0.610 e. The van der Waals surface area contributed by atoms with Crippen LogP contribution in [0.2, 0.25) is 0 Å². The number of thiazole rings is 1. The van der Waals surface area contributed by atoms with Crippen LogP contribution < -0.4 is 4.74 Å². The van der Waals surface area contributed by atoms with Gasteiger partial charge in [0.25, 0.3) is 0 Å². The Hall–Kier alpha value is -1.04. The van der Waals surface area contributed by atoms with E-state index in [9.17, 15) is 4.55 Å². The van der Waals surface area contributed by atoms with Gasteiger partial charge >= 0.3 is 4.34 Å². The summed E-state index contributed by atoms with van der Waals surface area (Å²) in [5, 5.41) is 1.92. The van der Waals surface area contributed by atoms with E-state index in [2.05, 4.69) is 4.98 Å². The Bertz CT molecular complexity index is 465. The van der Waals surface area contributed by atoms with Gasteiger partial charge in [-0.05, 0) is 24.3 Å². The number of aromatic nitrogens is 1. The standard InChI is InChI=1S/C11H11NO2S2/c1-14-9-5-3-8(4-6-9)10-7-15-11(12-10)16(2)13/h3-7H,1-2H3. The molecule has 1 atom stereocenters. The summed E-state index contributed by atoms with van der Waals surface area (Å²) >= 11 is 0.415. The third-order valence-electron chi connectivity index (χ3n) is 2.11. The van der Waals surface area contributed by atoms with Crippen molar-refractivity contribution in [2.75, 3.05) is 13.4 Å². The molecule has 1 heterocycles. The Balaban J connectivity index is 2.28. The molecule has 3 nitrogen and oxygen atoms in total. The van der Waals surface area contributed by atoms with Crippen LogP contribution in [-0.4, -0.2) is 22.9 Å². The Morgan fingerprint density at radius 1 is 1.31 bits per heavy atom. The normalized spacial score (nSPS) is 12.4. The first kappa shape index (κ1) is 11.4. The van der Waals surface area contributed by atoms with Crippen molar-refractivity contribution in [2.24, 2.45) is 0 Å². The lowest BCUT2D eigenvalue weighted by molar-refractivity contribution is 0.415. The van der Waals surface area contributed by atoms with E-state index in [1.54, 1.807) is 13.4 Å².